The van der Waals surface area contributed by atoms with E-state index in [2.05, 4.69) is 10.6 Å². The van der Waals surface area contributed by atoms with Gasteiger partial charge in [-0.05, 0) is 48.9 Å². The van der Waals surface area contributed by atoms with Crippen molar-refractivity contribution in [1.29, 1.82) is 0 Å². The monoisotopic (exact) mass is 437 g/mol. The van der Waals surface area contributed by atoms with E-state index in [-0.39, 0.29) is 21.4 Å². The Balaban J connectivity index is 2.35. The summed E-state index contributed by atoms with van der Waals surface area (Å²) < 4.78 is 26.9. The van der Waals surface area contributed by atoms with Gasteiger partial charge in [0.1, 0.15) is 4.90 Å². The Hall–Kier alpha value is -2.42. The molecule has 0 spiro atoms. The summed E-state index contributed by atoms with van der Waals surface area (Å²) in [5, 5.41) is 5.34. The Bertz CT molecular complexity index is 1030. The van der Waals surface area contributed by atoms with Gasteiger partial charge in [-0.25, -0.2) is 8.42 Å². The summed E-state index contributed by atoms with van der Waals surface area (Å²) in [5.41, 5.74) is 1.85. The summed E-state index contributed by atoms with van der Waals surface area (Å²) >= 11 is 6.11. The zero-order chi connectivity index (χ0) is 21.8. The lowest BCUT2D eigenvalue weighted by Gasteiger charge is -2.19. The van der Waals surface area contributed by atoms with Crippen LogP contribution in [-0.2, 0) is 10.0 Å². The zero-order valence-electron chi connectivity index (χ0n) is 16.7. The Kier molecular flexibility index (Phi) is 7.40. The van der Waals surface area contributed by atoms with Gasteiger partial charge in [-0.3, -0.25) is 9.59 Å². The van der Waals surface area contributed by atoms with Crippen molar-refractivity contribution in [1.82, 2.24) is 9.62 Å². The standard InChI is InChI=1S/C20H24ClN3O4S/c1-5-24(6-2)29(27,28)18-12-15(7-9-16(18)21)20(26)23-17-10-8-14(11-13(17)3)19(25)22-4/h7-12H,5-6H2,1-4H3,(H,22,25)(H,23,26). The quantitative estimate of drug-likeness (QED) is 0.694. The molecule has 0 aliphatic heterocycles. The van der Waals surface area contributed by atoms with Gasteiger partial charge >= 0.3 is 0 Å². The summed E-state index contributed by atoms with van der Waals surface area (Å²) in [5.74, 6) is -0.705. The van der Waals surface area contributed by atoms with Crippen molar-refractivity contribution in [3.63, 3.8) is 0 Å². The van der Waals surface area contributed by atoms with E-state index < -0.39 is 15.9 Å². The third-order valence-electron chi connectivity index (χ3n) is 4.48. The molecule has 0 atom stereocenters. The number of nitrogens with one attached hydrogen (secondary N) is 2. The van der Waals surface area contributed by atoms with Crippen molar-refractivity contribution in [3.05, 3.63) is 58.1 Å². The molecule has 0 heterocycles. The molecule has 2 aromatic carbocycles. The molecule has 0 saturated carbocycles. The average Bonchev–Trinajstić information content (AvgIpc) is 2.69. The second kappa shape index (κ2) is 9.39. The summed E-state index contributed by atoms with van der Waals surface area (Å²) in [7, 11) is -2.27. The molecule has 29 heavy (non-hydrogen) atoms. The number of carbonyl (C=O) groups excluding carboxylic acids is 2. The molecule has 2 aromatic rings. The maximum atomic E-state index is 12.8. The first-order valence-corrected chi connectivity index (χ1v) is 10.9. The highest BCUT2D eigenvalue weighted by Crippen LogP contribution is 2.26. The van der Waals surface area contributed by atoms with Crippen LogP contribution in [0, 0.1) is 6.92 Å². The second-order valence-electron chi connectivity index (χ2n) is 6.30. The van der Waals surface area contributed by atoms with Gasteiger partial charge in [0, 0.05) is 37.0 Å². The van der Waals surface area contributed by atoms with Gasteiger partial charge < -0.3 is 10.6 Å². The van der Waals surface area contributed by atoms with E-state index in [1.54, 1.807) is 39.0 Å². The van der Waals surface area contributed by atoms with Crippen molar-refractivity contribution >= 4 is 39.1 Å². The zero-order valence-corrected chi connectivity index (χ0v) is 18.3. The summed E-state index contributed by atoms with van der Waals surface area (Å²) in [6.45, 7) is 5.82. The Morgan fingerprint density at radius 2 is 1.59 bits per heavy atom. The first-order chi connectivity index (χ1) is 13.6. The van der Waals surface area contributed by atoms with Crippen LogP contribution in [-0.4, -0.2) is 44.7 Å². The van der Waals surface area contributed by atoms with Crippen LogP contribution in [0.5, 0.6) is 0 Å². The molecule has 156 valence electrons. The van der Waals surface area contributed by atoms with Crippen LogP contribution in [0.3, 0.4) is 0 Å². The van der Waals surface area contributed by atoms with E-state index in [0.717, 1.165) is 0 Å². The largest absolute Gasteiger partial charge is 0.355 e. The lowest BCUT2D eigenvalue weighted by Crippen LogP contribution is -2.31. The molecule has 0 fully saturated rings. The topological polar surface area (TPSA) is 95.6 Å². The second-order valence-corrected chi connectivity index (χ2v) is 8.61. The van der Waals surface area contributed by atoms with Gasteiger partial charge in [-0.15, -0.1) is 0 Å². The fourth-order valence-corrected chi connectivity index (χ4v) is 4.79. The number of benzene rings is 2. The van der Waals surface area contributed by atoms with Gasteiger partial charge in [0.25, 0.3) is 11.8 Å². The first kappa shape index (κ1) is 22.9. The molecule has 0 unspecified atom stereocenters. The SMILES string of the molecule is CCN(CC)S(=O)(=O)c1cc(C(=O)Nc2ccc(C(=O)NC)cc2C)ccc1Cl. The molecular weight excluding hydrogens is 414 g/mol. The highest BCUT2D eigenvalue weighted by atomic mass is 35.5. The molecule has 0 radical (unpaired) electrons. The fourth-order valence-electron chi connectivity index (χ4n) is 2.83. The van der Waals surface area contributed by atoms with Crippen molar-refractivity contribution in [2.75, 3.05) is 25.5 Å². The Morgan fingerprint density at radius 3 is 2.14 bits per heavy atom. The van der Waals surface area contributed by atoms with Gasteiger partial charge in [0.2, 0.25) is 10.0 Å². The van der Waals surface area contributed by atoms with Crippen LogP contribution in [0.1, 0.15) is 40.1 Å². The smallest absolute Gasteiger partial charge is 0.255 e. The molecule has 0 saturated heterocycles. The third kappa shape index (κ3) is 4.95. The van der Waals surface area contributed by atoms with Gasteiger partial charge in [0.05, 0.1) is 5.02 Å². The Labute approximate surface area is 176 Å². The van der Waals surface area contributed by atoms with Gasteiger partial charge in [0.15, 0.2) is 0 Å². The highest BCUT2D eigenvalue weighted by Gasteiger charge is 2.25. The molecule has 2 N–H and O–H groups in total. The number of hydrogen-bond acceptors (Lipinski definition) is 4. The molecular formula is C20H24ClN3O4S. The minimum absolute atomic E-state index is 0.0551. The number of halogens is 1. The molecule has 0 bridgehead atoms. The van der Waals surface area contributed by atoms with Crippen molar-refractivity contribution in [3.8, 4) is 0 Å². The van der Waals surface area contributed by atoms with E-state index in [4.69, 9.17) is 11.6 Å². The number of anilines is 1. The molecule has 2 amide bonds. The van der Waals surface area contributed by atoms with Crippen LogP contribution in [0.4, 0.5) is 5.69 Å². The van der Waals surface area contributed by atoms with Crippen LogP contribution in [0.15, 0.2) is 41.3 Å². The van der Waals surface area contributed by atoms with Crippen LogP contribution in [0.2, 0.25) is 5.02 Å². The van der Waals surface area contributed by atoms with Crippen molar-refractivity contribution < 1.29 is 18.0 Å². The maximum Gasteiger partial charge on any atom is 0.255 e. The van der Waals surface area contributed by atoms with Gasteiger partial charge in [-0.2, -0.15) is 4.31 Å². The number of amides is 2. The molecule has 7 nitrogen and oxygen atoms in total. The first-order valence-electron chi connectivity index (χ1n) is 9.09. The normalized spacial score (nSPS) is 11.4. The highest BCUT2D eigenvalue weighted by molar-refractivity contribution is 7.89. The van der Waals surface area contributed by atoms with Crippen molar-refractivity contribution in [2.45, 2.75) is 25.7 Å². The lowest BCUT2D eigenvalue weighted by atomic mass is 10.1. The molecule has 0 aliphatic carbocycles. The molecule has 0 aliphatic rings. The minimum atomic E-state index is -3.81. The summed E-state index contributed by atoms with van der Waals surface area (Å²) in [4.78, 5) is 24.3. The Morgan fingerprint density at radius 1 is 1.00 bits per heavy atom. The molecule has 0 aromatic heterocycles. The fraction of sp³-hybridized carbons (Fsp3) is 0.300. The number of sulfonamides is 1. The number of rotatable bonds is 7. The average molecular weight is 438 g/mol. The molecule has 2 rings (SSSR count). The van der Waals surface area contributed by atoms with E-state index in [1.165, 1.54) is 29.6 Å². The minimum Gasteiger partial charge on any atom is -0.355 e. The van der Waals surface area contributed by atoms with E-state index in [1.807, 2.05) is 0 Å². The number of nitrogens with zero attached hydrogens (tertiary/aromatic N) is 1. The van der Waals surface area contributed by atoms with E-state index in [9.17, 15) is 18.0 Å². The van der Waals surface area contributed by atoms with E-state index in [0.29, 0.717) is 29.9 Å². The van der Waals surface area contributed by atoms with Crippen LogP contribution >= 0.6 is 11.6 Å². The number of aryl methyl sites for hydroxylation is 1. The van der Waals surface area contributed by atoms with E-state index >= 15 is 0 Å². The lowest BCUT2D eigenvalue weighted by molar-refractivity contribution is 0.0962. The number of carbonyl (C=O) groups is 2. The molecule has 9 heteroatoms. The van der Waals surface area contributed by atoms with Crippen LogP contribution < -0.4 is 10.6 Å². The number of hydrogen-bond donors (Lipinski definition) is 2. The predicted molar refractivity (Wildman–Crippen MR) is 114 cm³/mol. The summed E-state index contributed by atoms with van der Waals surface area (Å²) in [6.07, 6.45) is 0. The third-order valence-corrected chi connectivity index (χ3v) is 7.01. The maximum absolute atomic E-state index is 12.8. The van der Waals surface area contributed by atoms with Gasteiger partial charge in [-0.1, -0.05) is 25.4 Å². The van der Waals surface area contributed by atoms with Crippen LogP contribution in [0.25, 0.3) is 0 Å². The predicted octanol–water partition coefficient (Wildman–Crippen LogP) is 3.29. The summed E-state index contributed by atoms with van der Waals surface area (Å²) in [6, 6.07) is 9.02. The van der Waals surface area contributed by atoms with Crippen molar-refractivity contribution in [2.24, 2.45) is 0 Å².